The molecular weight excluding hydrogens is 440 g/mol. The Bertz CT molecular complexity index is 931. The summed E-state index contributed by atoms with van der Waals surface area (Å²) in [6, 6.07) is 9.04. The fourth-order valence-corrected chi connectivity index (χ4v) is 4.52. The van der Waals surface area contributed by atoms with Gasteiger partial charge in [-0.15, -0.1) is 10.2 Å². The summed E-state index contributed by atoms with van der Waals surface area (Å²) in [6.07, 6.45) is 2.41. The van der Waals surface area contributed by atoms with E-state index in [1.807, 2.05) is 18.2 Å². The van der Waals surface area contributed by atoms with Crippen LogP contribution in [0.5, 0.6) is 0 Å². The number of amides is 3. The minimum absolute atomic E-state index is 0.00719. The second kappa shape index (κ2) is 12.4. The molecule has 1 atom stereocenters. The van der Waals surface area contributed by atoms with Gasteiger partial charge >= 0.3 is 0 Å². The van der Waals surface area contributed by atoms with Gasteiger partial charge in [-0.2, -0.15) is 0 Å². The first-order valence-electron chi connectivity index (χ1n) is 11.5. The zero-order valence-corrected chi connectivity index (χ0v) is 20.1. The summed E-state index contributed by atoms with van der Waals surface area (Å²) in [5.74, 6) is -0.930. The molecule has 33 heavy (non-hydrogen) atoms. The normalized spacial score (nSPS) is 16.0. The summed E-state index contributed by atoms with van der Waals surface area (Å²) in [7, 11) is 0. The molecule has 0 radical (unpaired) electrons. The minimum Gasteiger partial charge on any atom is -0.356 e. The summed E-state index contributed by atoms with van der Waals surface area (Å²) in [6.45, 7) is 8.78. The Balaban J connectivity index is 1.50. The molecule has 0 aliphatic carbocycles. The quantitative estimate of drug-likeness (QED) is 0.515. The van der Waals surface area contributed by atoms with Gasteiger partial charge in [0.2, 0.25) is 15.9 Å². The van der Waals surface area contributed by atoms with Crippen LogP contribution in [0.15, 0.2) is 30.3 Å². The SMILES string of the molecule is CCN(CC)CCCNC(=O)C1CCCN(C(=O)c2nnc(C(=O)Nc3ccccc3)s2)C1. The van der Waals surface area contributed by atoms with E-state index in [9.17, 15) is 14.4 Å². The molecular formula is C23H32N6O3S. The average Bonchev–Trinajstić information content (AvgIpc) is 3.35. The van der Waals surface area contributed by atoms with E-state index in [1.54, 1.807) is 17.0 Å². The molecule has 1 saturated heterocycles. The van der Waals surface area contributed by atoms with Crippen molar-refractivity contribution in [3.63, 3.8) is 0 Å². The van der Waals surface area contributed by atoms with Crippen molar-refractivity contribution in [3.8, 4) is 0 Å². The van der Waals surface area contributed by atoms with Gasteiger partial charge < -0.3 is 20.4 Å². The molecule has 1 aromatic heterocycles. The maximum Gasteiger partial charge on any atom is 0.286 e. The number of hydrogen-bond donors (Lipinski definition) is 2. The first-order chi connectivity index (χ1) is 16.0. The van der Waals surface area contributed by atoms with Crippen LogP contribution in [0.3, 0.4) is 0 Å². The van der Waals surface area contributed by atoms with Crippen molar-refractivity contribution in [2.45, 2.75) is 33.1 Å². The van der Waals surface area contributed by atoms with Gasteiger partial charge in [0.25, 0.3) is 11.8 Å². The molecule has 0 spiro atoms. The van der Waals surface area contributed by atoms with Crippen LogP contribution >= 0.6 is 11.3 Å². The maximum absolute atomic E-state index is 12.9. The lowest BCUT2D eigenvalue weighted by Gasteiger charge is -2.31. The molecule has 2 N–H and O–H groups in total. The standard InChI is InChI=1S/C23H32N6O3S/c1-3-28(4-2)14-9-13-24-19(30)17-10-8-15-29(16-17)23(32)22-27-26-21(33-22)20(31)25-18-11-6-5-7-12-18/h5-7,11-12,17H,3-4,8-10,13-16H2,1-2H3,(H,24,30)(H,25,31). The number of aromatic nitrogens is 2. The molecule has 3 amide bonds. The number of piperidine rings is 1. The number of para-hydroxylation sites is 1. The van der Waals surface area contributed by atoms with Gasteiger partial charge in [0.1, 0.15) is 0 Å². The number of benzene rings is 1. The molecule has 0 bridgehead atoms. The summed E-state index contributed by atoms with van der Waals surface area (Å²) < 4.78 is 0. The smallest absolute Gasteiger partial charge is 0.286 e. The van der Waals surface area contributed by atoms with Crippen LogP contribution in [-0.4, -0.2) is 77.0 Å². The maximum atomic E-state index is 12.9. The number of carbonyl (C=O) groups excluding carboxylic acids is 3. The Morgan fingerprint density at radius 3 is 2.58 bits per heavy atom. The highest BCUT2D eigenvalue weighted by Crippen LogP contribution is 2.21. The van der Waals surface area contributed by atoms with E-state index in [2.05, 4.69) is 39.6 Å². The van der Waals surface area contributed by atoms with Gasteiger partial charge in [-0.05, 0) is 51.0 Å². The molecule has 2 heterocycles. The van der Waals surface area contributed by atoms with Crippen LogP contribution in [0.2, 0.25) is 0 Å². The highest BCUT2D eigenvalue weighted by molar-refractivity contribution is 7.15. The van der Waals surface area contributed by atoms with Gasteiger partial charge in [0.05, 0.1) is 5.92 Å². The number of rotatable bonds is 10. The van der Waals surface area contributed by atoms with Crippen molar-refractivity contribution in [3.05, 3.63) is 40.3 Å². The molecule has 1 unspecified atom stereocenters. The summed E-state index contributed by atoms with van der Waals surface area (Å²) in [5, 5.41) is 13.9. The molecule has 178 valence electrons. The highest BCUT2D eigenvalue weighted by Gasteiger charge is 2.30. The molecule has 1 aromatic carbocycles. The van der Waals surface area contributed by atoms with Gasteiger partial charge in [0.15, 0.2) is 0 Å². The molecule has 9 nitrogen and oxygen atoms in total. The van der Waals surface area contributed by atoms with Crippen LogP contribution in [0.1, 0.15) is 52.7 Å². The van der Waals surface area contributed by atoms with Crippen molar-refractivity contribution in [1.29, 1.82) is 0 Å². The van der Waals surface area contributed by atoms with Crippen LogP contribution < -0.4 is 10.6 Å². The Morgan fingerprint density at radius 2 is 1.85 bits per heavy atom. The van der Waals surface area contributed by atoms with Crippen LogP contribution in [0, 0.1) is 5.92 Å². The third-order valence-electron chi connectivity index (χ3n) is 5.76. The largest absolute Gasteiger partial charge is 0.356 e. The molecule has 0 saturated carbocycles. The zero-order valence-electron chi connectivity index (χ0n) is 19.2. The van der Waals surface area contributed by atoms with Crippen LogP contribution in [-0.2, 0) is 4.79 Å². The van der Waals surface area contributed by atoms with E-state index >= 15 is 0 Å². The van der Waals surface area contributed by atoms with E-state index in [1.165, 1.54) is 0 Å². The first kappa shape index (κ1) is 24.8. The fraction of sp³-hybridized carbons (Fsp3) is 0.522. The third-order valence-corrected chi connectivity index (χ3v) is 6.67. The molecule has 10 heteroatoms. The number of nitrogens with zero attached hydrogens (tertiary/aromatic N) is 4. The lowest BCUT2D eigenvalue weighted by molar-refractivity contribution is -0.126. The third kappa shape index (κ3) is 7.06. The lowest BCUT2D eigenvalue weighted by atomic mass is 9.97. The Kier molecular flexibility index (Phi) is 9.32. The molecule has 1 fully saturated rings. The van der Waals surface area contributed by atoms with Crippen molar-refractivity contribution >= 4 is 34.7 Å². The van der Waals surface area contributed by atoms with Gasteiger partial charge in [0, 0.05) is 25.3 Å². The summed E-state index contributed by atoms with van der Waals surface area (Å²) >= 11 is 0.965. The predicted octanol–water partition coefficient (Wildman–Crippen LogP) is 2.49. The highest BCUT2D eigenvalue weighted by atomic mass is 32.1. The summed E-state index contributed by atoms with van der Waals surface area (Å²) in [5.41, 5.74) is 0.646. The van der Waals surface area contributed by atoms with Crippen molar-refractivity contribution in [2.24, 2.45) is 5.92 Å². The Morgan fingerprint density at radius 1 is 1.12 bits per heavy atom. The van der Waals surface area contributed by atoms with Crippen LogP contribution in [0.25, 0.3) is 0 Å². The van der Waals surface area contributed by atoms with Crippen molar-refractivity contribution in [1.82, 2.24) is 25.3 Å². The number of anilines is 1. The average molecular weight is 473 g/mol. The topological polar surface area (TPSA) is 108 Å². The second-order valence-electron chi connectivity index (χ2n) is 7.99. The van der Waals surface area contributed by atoms with Gasteiger partial charge in [-0.3, -0.25) is 14.4 Å². The minimum atomic E-state index is -0.404. The van der Waals surface area contributed by atoms with E-state index in [4.69, 9.17) is 0 Å². The predicted molar refractivity (Wildman–Crippen MR) is 128 cm³/mol. The molecule has 1 aliphatic rings. The van der Waals surface area contributed by atoms with E-state index in [0.29, 0.717) is 25.3 Å². The van der Waals surface area contributed by atoms with Crippen molar-refractivity contribution < 1.29 is 14.4 Å². The number of nitrogens with one attached hydrogen (secondary N) is 2. The van der Waals surface area contributed by atoms with Crippen molar-refractivity contribution in [2.75, 3.05) is 44.6 Å². The number of hydrogen-bond acceptors (Lipinski definition) is 7. The van der Waals surface area contributed by atoms with E-state index in [0.717, 1.165) is 50.2 Å². The van der Waals surface area contributed by atoms with Gasteiger partial charge in [-0.1, -0.05) is 43.4 Å². The zero-order chi connectivity index (χ0) is 23.6. The monoisotopic (exact) mass is 472 g/mol. The lowest BCUT2D eigenvalue weighted by Crippen LogP contribution is -2.45. The second-order valence-corrected chi connectivity index (χ2v) is 8.97. The Hall–Kier alpha value is -2.85. The molecule has 1 aliphatic heterocycles. The van der Waals surface area contributed by atoms with Crippen LogP contribution in [0.4, 0.5) is 5.69 Å². The fourth-order valence-electron chi connectivity index (χ4n) is 3.82. The Labute approximate surface area is 198 Å². The van der Waals surface area contributed by atoms with E-state index in [-0.39, 0.29) is 27.7 Å². The molecule has 2 aromatic rings. The van der Waals surface area contributed by atoms with Gasteiger partial charge in [-0.25, -0.2) is 0 Å². The first-order valence-corrected chi connectivity index (χ1v) is 12.3. The van der Waals surface area contributed by atoms with E-state index < -0.39 is 5.91 Å². The number of carbonyl (C=O) groups is 3. The molecule has 3 rings (SSSR count). The summed E-state index contributed by atoms with van der Waals surface area (Å²) in [4.78, 5) is 41.9. The number of likely N-dealkylation sites (tertiary alicyclic amines) is 1.